The first-order valence-corrected chi connectivity index (χ1v) is 6.70. The summed E-state index contributed by atoms with van der Waals surface area (Å²) in [4.78, 5) is 14.0. The zero-order valence-electron chi connectivity index (χ0n) is 10.5. The highest BCUT2D eigenvalue weighted by atomic mass is 32.2. The lowest BCUT2D eigenvalue weighted by Crippen LogP contribution is -2.28. The predicted octanol–water partition coefficient (Wildman–Crippen LogP) is 2.96. The largest absolute Gasteiger partial charge is 0.481 e. The van der Waals surface area contributed by atoms with Crippen LogP contribution in [0.25, 0.3) is 0 Å². The van der Waals surface area contributed by atoms with Crippen molar-refractivity contribution < 1.29 is 9.90 Å². The zero-order chi connectivity index (χ0) is 12.8. The molecule has 1 aromatic rings. The molecule has 0 aliphatic heterocycles. The van der Waals surface area contributed by atoms with Crippen molar-refractivity contribution >= 4 is 23.4 Å². The second-order valence-electron chi connectivity index (χ2n) is 4.05. The van der Waals surface area contributed by atoms with Gasteiger partial charge in [-0.3, -0.25) is 4.79 Å². The van der Waals surface area contributed by atoms with E-state index in [4.69, 9.17) is 5.11 Å². The maximum atomic E-state index is 10.8. The van der Waals surface area contributed by atoms with Gasteiger partial charge in [0, 0.05) is 24.2 Å². The second kappa shape index (κ2) is 6.55. The molecule has 0 aromatic heterocycles. The summed E-state index contributed by atoms with van der Waals surface area (Å²) < 4.78 is 0. The number of aliphatic carboxylic acids is 1. The molecule has 1 rings (SSSR count). The molecule has 94 valence electrons. The van der Waals surface area contributed by atoms with Gasteiger partial charge in [-0.1, -0.05) is 13.8 Å². The first-order chi connectivity index (χ1) is 8.04. The highest BCUT2D eigenvalue weighted by molar-refractivity contribution is 7.99. The average Bonchev–Trinajstić information content (AvgIpc) is 2.30. The molecular formula is C13H19NO2S. The van der Waals surface area contributed by atoms with Crippen molar-refractivity contribution in [2.45, 2.75) is 18.7 Å². The highest BCUT2D eigenvalue weighted by Crippen LogP contribution is 2.21. The summed E-state index contributed by atoms with van der Waals surface area (Å²) in [5.74, 6) is -0.0506. The fourth-order valence-corrected chi connectivity index (χ4v) is 2.22. The van der Waals surface area contributed by atoms with E-state index in [1.807, 2.05) is 24.1 Å². The molecule has 0 spiro atoms. The Kier molecular flexibility index (Phi) is 5.35. The van der Waals surface area contributed by atoms with Gasteiger partial charge in [-0.05, 0) is 30.0 Å². The Balaban J connectivity index is 2.63. The van der Waals surface area contributed by atoms with E-state index in [9.17, 15) is 4.79 Å². The Hall–Kier alpha value is -1.16. The van der Waals surface area contributed by atoms with Gasteiger partial charge < -0.3 is 10.0 Å². The van der Waals surface area contributed by atoms with E-state index in [0.29, 0.717) is 6.54 Å². The molecule has 0 bridgehead atoms. The highest BCUT2D eigenvalue weighted by Gasteiger charge is 2.13. The molecule has 0 heterocycles. The third kappa shape index (κ3) is 4.30. The first kappa shape index (κ1) is 13.9. The number of carboxylic acid groups (broad SMARTS) is 1. The van der Waals surface area contributed by atoms with Gasteiger partial charge in [-0.25, -0.2) is 0 Å². The van der Waals surface area contributed by atoms with Crippen molar-refractivity contribution in [3.05, 3.63) is 24.3 Å². The lowest BCUT2D eigenvalue weighted by atomic mass is 10.1. The summed E-state index contributed by atoms with van der Waals surface area (Å²) in [5.41, 5.74) is 1.05. The topological polar surface area (TPSA) is 40.5 Å². The van der Waals surface area contributed by atoms with Crippen LogP contribution in [-0.4, -0.2) is 30.4 Å². The number of carbonyl (C=O) groups is 1. The van der Waals surface area contributed by atoms with Gasteiger partial charge in [0.15, 0.2) is 0 Å². The Morgan fingerprint density at radius 3 is 2.47 bits per heavy atom. The average molecular weight is 253 g/mol. The molecule has 1 atom stereocenters. The van der Waals surface area contributed by atoms with Crippen molar-refractivity contribution in [3.63, 3.8) is 0 Å². The molecule has 17 heavy (non-hydrogen) atoms. The van der Waals surface area contributed by atoms with Gasteiger partial charge in [0.2, 0.25) is 0 Å². The van der Waals surface area contributed by atoms with Gasteiger partial charge >= 0.3 is 5.97 Å². The molecule has 0 saturated heterocycles. The summed E-state index contributed by atoms with van der Waals surface area (Å²) in [7, 11) is 1.92. The third-order valence-corrected chi connectivity index (χ3v) is 3.45. The molecule has 0 saturated carbocycles. The molecule has 0 fully saturated rings. The van der Waals surface area contributed by atoms with Crippen LogP contribution in [0.4, 0.5) is 5.69 Å². The number of hydrogen-bond donors (Lipinski definition) is 1. The summed E-state index contributed by atoms with van der Waals surface area (Å²) in [5, 5.41) is 8.86. The molecule has 3 nitrogen and oxygen atoms in total. The maximum absolute atomic E-state index is 10.8. The summed E-state index contributed by atoms with van der Waals surface area (Å²) in [6, 6.07) is 8.22. The van der Waals surface area contributed by atoms with Crippen LogP contribution in [0, 0.1) is 5.92 Å². The van der Waals surface area contributed by atoms with Crippen LogP contribution in [0.3, 0.4) is 0 Å². The van der Waals surface area contributed by atoms with E-state index >= 15 is 0 Å². The van der Waals surface area contributed by atoms with Gasteiger partial charge in [0.05, 0.1) is 5.92 Å². The molecule has 0 aliphatic carbocycles. The van der Waals surface area contributed by atoms with Crippen LogP contribution < -0.4 is 4.90 Å². The number of anilines is 1. The first-order valence-electron chi connectivity index (χ1n) is 5.71. The fourth-order valence-electron chi connectivity index (χ4n) is 1.56. The number of hydrogen-bond acceptors (Lipinski definition) is 3. The second-order valence-corrected chi connectivity index (χ2v) is 5.38. The van der Waals surface area contributed by atoms with Crippen molar-refractivity contribution in [1.82, 2.24) is 0 Å². The normalized spacial score (nSPS) is 12.2. The van der Waals surface area contributed by atoms with Crippen molar-refractivity contribution in [3.8, 4) is 0 Å². The number of carboxylic acids is 1. The van der Waals surface area contributed by atoms with Crippen molar-refractivity contribution in [1.29, 1.82) is 0 Å². The third-order valence-electron chi connectivity index (χ3n) is 2.56. The standard InChI is InChI=1S/C13H19NO2S/c1-4-17-12-7-5-11(6-8-12)14(3)9-10(2)13(15)16/h5-8,10H,4,9H2,1-3H3,(H,15,16). The number of nitrogens with zero attached hydrogens (tertiary/aromatic N) is 1. The number of rotatable bonds is 6. The minimum absolute atomic E-state index is 0.357. The lowest BCUT2D eigenvalue weighted by Gasteiger charge is -2.21. The Labute approximate surface area is 107 Å². The van der Waals surface area contributed by atoms with Crippen LogP contribution in [0.1, 0.15) is 13.8 Å². The van der Waals surface area contributed by atoms with E-state index in [1.54, 1.807) is 18.7 Å². The van der Waals surface area contributed by atoms with Crippen LogP contribution >= 0.6 is 11.8 Å². The monoisotopic (exact) mass is 253 g/mol. The Morgan fingerprint density at radius 2 is 2.00 bits per heavy atom. The molecular weight excluding hydrogens is 234 g/mol. The van der Waals surface area contributed by atoms with E-state index in [1.165, 1.54) is 4.90 Å². The molecule has 1 unspecified atom stereocenters. The van der Waals surface area contributed by atoms with E-state index in [0.717, 1.165) is 11.4 Å². The predicted molar refractivity (Wildman–Crippen MR) is 72.9 cm³/mol. The Bertz CT molecular complexity index is 364. The van der Waals surface area contributed by atoms with Crippen LogP contribution in [-0.2, 0) is 4.79 Å². The molecule has 0 amide bonds. The van der Waals surface area contributed by atoms with Gasteiger partial charge in [-0.2, -0.15) is 0 Å². The van der Waals surface area contributed by atoms with E-state index in [2.05, 4.69) is 19.1 Å². The van der Waals surface area contributed by atoms with Gasteiger partial charge in [0.25, 0.3) is 0 Å². The quantitative estimate of drug-likeness (QED) is 0.791. The molecule has 0 radical (unpaired) electrons. The van der Waals surface area contributed by atoms with Crippen molar-refractivity contribution in [2.24, 2.45) is 5.92 Å². The molecule has 0 aliphatic rings. The van der Waals surface area contributed by atoms with Gasteiger partial charge in [0.1, 0.15) is 0 Å². The van der Waals surface area contributed by atoms with Gasteiger partial charge in [-0.15, -0.1) is 11.8 Å². The summed E-state index contributed by atoms with van der Waals surface area (Å²) in [6.07, 6.45) is 0. The zero-order valence-corrected chi connectivity index (χ0v) is 11.3. The van der Waals surface area contributed by atoms with Crippen LogP contribution in [0.15, 0.2) is 29.2 Å². The minimum atomic E-state index is -0.755. The van der Waals surface area contributed by atoms with Crippen LogP contribution in [0.2, 0.25) is 0 Å². The van der Waals surface area contributed by atoms with E-state index < -0.39 is 5.97 Å². The Morgan fingerprint density at radius 1 is 1.41 bits per heavy atom. The summed E-state index contributed by atoms with van der Waals surface area (Å²) >= 11 is 1.80. The number of thioether (sulfide) groups is 1. The summed E-state index contributed by atoms with van der Waals surface area (Å²) in [6.45, 7) is 4.37. The smallest absolute Gasteiger partial charge is 0.308 e. The molecule has 4 heteroatoms. The van der Waals surface area contributed by atoms with Crippen molar-refractivity contribution in [2.75, 3.05) is 24.2 Å². The molecule has 1 N–H and O–H groups in total. The minimum Gasteiger partial charge on any atom is -0.481 e. The number of benzene rings is 1. The van der Waals surface area contributed by atoms with E-state index in [-0.39, 0.29) is 5.92 Å². The fraction of sp³-hybridized carbons (Fsp3) is 0.462. The maximum Gasteiger partial charge on any atom is 0.308 e. The SMILES string of the molecule is CCSc1ccc(N(C)CC(C)C(=O)O)cc1. The van der Waals surface area contributed by atoms with Crippen LogP contribution in [0.5, 0.6) is 0 Å². The molecule has 1 aromatic carbocycles. The lowest BCUT2D eigenvalue weighted by molar-refractivity contribution is -0.140.